The van der Waals surface area contributed by atoms with E-state index in [0.29, 0.717) is 4.47 Å². The van der Waals surface area contributed by atoms with Crippen molar-refractivity contribution in [3.05, 3.63) is 57.8 Å². The molecule has 2 heteroatoms. The molecule has 2 aromatic rings. The van der Waals surface area contributed by atoms with Crippen molar-refractivity contribution in [3.63, 3.8) is 0 Å². The van der Waals surface area contributed by atoms with Gasteiger partial charge >= 0.3 is 0 Å². The standard InChI is InChI=1S/C15H12BrF/c1-15(2)11-6-4-3-5-9(11)10-7-8-12(16)14(17)13(10)15/h3-8H,1-2H3. The molecule has 0 spiro atoms. The molecule has 0 bridgehead atoms. The van der Waals surface area contributed by atoms with Crippen molar-refractivity contribution in [1.82, 2.24) is 0 Å². The van der Waals surface area contributed by atoms with Gasteiger partial charge in [0, 0.05) is 11.0 Å². The van der Waals surface area contributed by atoms with Crippen LogP contribution in [0.3, 0.4) is 0 Å². The van der Waals surface area contributed by atoms with Crippen LogP contribution in [0.4, 0.5) is 4.39 Å². The molecule has 1 aliphatic rings. The summed E-state index contributed by atoms with van der Waals surface area (Å²) in [7, 11) is 0. The second-order valence-electron chi connectivity index (χ2n) is 4.95. The maximum Gasteiger partial charge on any atom is 0.142 e. The zero-order valence-corrected chi connectivity index (χ0v) is 11.3. The van der Waals surface area contributed by atoms with E-state index in [-0.39, 0.29) is 11.2 Å². The van der Waals surface area contributed by atoms with Crippen LogP contribution in [0.5, 0.6) is 0 Å². The molecule has 0 aromatic heterocycles. The highest BCUT2D eigenvalue weighted by Crippen LogP contribution is 2.50. The molecule has 0 radical (unpaired) electrons. The van der Waals surface area contributed by atoms with Crippen molar-refractivity contribution in [2.24, 2.45) is 0 Å². The van der Waals surface area contributed by atoms with Crippen molar-refractivity contribution in [1.29, 1.82) is 0 Å². The highest BCUT2D eigenvalue weighted by molar-refractivity contribution is 9.10. The summed E-state index contributed by atoms with van der Waals surface area (Å²) in [5.41, 5.74) is 3.91. The van der Waals surface area contributed by atoms with Crippen molar-refractivity contribution in [2.75, 3.05) is 0 Å². The second kappa shape index (κ2) is 3.42. The lowest BCUT2D eigenvalue weighted by molar-refractivity contribution is 0.554. The summed E-state index contributed by atoms with van der Waals surface area (Å²) >= 11 is 3.27. The summed E-state index contributed by atoms with van der Waals surface area (Å²) in [6.45, 7) is 4.15. The average Bonchev–Trinajstić information content (AvgIpc) is 2.54. The van der Waals surface area contributed by atoms with Crippen LogP contribution in [0, 0.1) is 5.82 Å². The van der Waals surface area contributed by atoms with Gasteiger partial charge < -0.3 is 0 Å². The highest BCUT2D eigenvalue weighted by Gasteiger charge is 2.38. The fourth-order valence-electron chi connectivity index (χ4n) is 2.78. The summed E-state index contributed by atoms with van der Waals surface area (Å²) in [6.07, 6.45) is 0. The van der Waals surface area contributed by atoms with Gasteiger partial charge in [-0.05, 0) is 38.7 Å². The SMILES string of the molecule is CC1(C)c2ccccc2-c2ccc(Br)c(F)c21. The smallest absolute Gasteiger partial charge is 0.142 e. The van der Waals surface area contributed by atoms with Crippen LogP contribution in [-0.4, -0.2) is 0 Å². The molecule has 0 amide bonds. The van der Waals surface area contributed by atoms with E-state index in [2.05, 4.69) is 41.9 Å². The van der Waals surface area contributed by atoms with Crippen molar-refractivity contribution < 1.29 is 4.39 Å². The zero-order valence-electron chi connectivity index (χ0n) is 9.72. The van der Waals surface area contributed by atoms with Crippen molar-refractivity contribution in [3.8, 4) is 11.1 Å². The van der Waals surface area contributed by atoms with Crippen LogP contribution < -0.4 is 0 Å². The first-order valence-electron chi connectivity index (χ1n) is 5.62. The Morgan fingerprint density at radius 3 is 2.47 bits per heavy atom. The third kappa shape index (κ3) is 1.34. The Balaban J connectivity index is 2.44. The van der Waals surface area contributed by atoms with E-state index in [0.717, 1.165) is 16.7 Å². The molecule has 0 N–H and O–H groups in total. The Labute approximate surface area is 109 Å². The molecule has 0 heterocycles. The Kier molecular flexibility index (Phi) is 2.21. The third-order valence-electron chi connectivity index (χ3n) is 3.61. The van der Waals surface area contributed by atoms with Crippen molar-refractivity contribution in [2.45, 2.75) is 19.3 Å². The molecule has 17 heavy (non-hydrogen) atoms. The van der Waals surface area contributed by atoms with Crippen LogP contribution in [-0.2, 0) is 5.41 Å². The summed E-state index contributed by atoms with van der Waals surface area (Å²) in [5, 5.41) is 0. The van der Waals surface area contributed by atoms with E-state index in [1.807, 2.05) is 18.2 Å². The lowest BCUT2D eigenvalue weighted by atomic mass is 9.82. The lowest BCUT2D eigenvalue weighted by Crippen LogP contribution is -2.16. The van der Waals surface area contributed by atoms with Gasteiger partial charge in [-0.1, -0.05) is 44.2 Å². The van der Waals surface area contributed by atoms with E-state index in [9.17, 15) is 4.39 Å². The molecule has 0 fully saturated rings. The number of rotatable bonds is 0. The second-order valence-corrected chi connectivity index (χ2v) is 5.81. The predicted octanol–water partition coefficient (Wildman–Crippen LogP) is 4.89. The van der Waals surface area contributed by atoms with E-state index < -0.39 is 0 Å². The Morgan fingerprint density at radius 2 is 1.71 bits per heavy atom. The van der Waals surface area contributed by atoms with Gasteiger partial charge in [0.05, 0.1) is 4.47 Å². The van der Waals surface area contributed by atoms with Crippen LogP contribution in [0.2, 0.25) is 0 Å². The average molecular weight is 291 g/mol. The molecule has 0 saturated carbocycles. The van der Waals surface area contributed by atoms with Gasteiger partial charge in [0.2, 0.25) is 0 Å². The Hall–Kier alpha value is -1.15. The summed E-state index contributed by atoms with van der Waals surface area (Å²) < 4.78 is 14.9. The molecular weight excluding hydrogens is 279 g/mol. The van der Waals surface area contributed by atoms with Crippen LogP contribution >= 0.6 is 15.9 Å². The molecule has 1 aliphatic carbocycles. The van der Waals surface area contributed by atoms with E-state index >= 15 is 0 Å². The molecule has 2 aromatic carbocycles. The van der Waals surface area contributed by atoms with Crippen LogP contribution in [0.25, 0.3) is 11.1 Å². The minimum atomic E-state index is -0.264. The van der Waals surface area contributed by atoms with E-state index in [1.165, 1.54) is 5.56 Å². The van der Waals surface area contributed by atoms with Crippen molar-refractivity contribution >= 4 is 15.9 Å². The van der Waals surface area contributed by atoms with Gasteiger partial charge in [-0.2, -0.15) is 0 Å². The predicted molar refractivity (Wildman–Crippen MR) is 71.7 cm³/mol. The van der Waals surface area contributed by atoms with Gasteiger partial charge in [0.15, 0.2) is 0 Å². The first-order chi connectivity index (χ1) is 8.03. The Morgan fingerprint density at radius 1 is 1.00 bits per heavy atom. The number of fused-ring (bicyclic) bond motifs is 3. The molecule has 86 valence electrons. The minimum absolute atomic E-state index is 0.135. The van der Waals surface area contributed by atoms with E-state index in [1.54, 1.807) is 6.07 Å². The van der Waals surface area contributed by atoms with Crippen LogP contribution in [0.1, 0.15) is 25.0 Å². The monoisotopic (exact) mass is 290 g/mol. The number of benzene rings is 2. The molecule has 0 aliphatic heterocycles. The summed E-state index contributed by atoms with van der Waals surface area (Å²) in [4.78, 5) is 0. The van der Waals surface area contributed by atoms with Gasteiger partial charge in [0.25, 0.3) is 0 Å². The quantitative estimate of drug-likeness (QED) is 0.648. The lowest BCUT2D eigenvalue weighted by Gasteiger charge is -2.22. The fraction of sp³-hybridized carbons (Fsp3) is 0.200. The topological polar surface area (TPSA) is 0 Å². The molecular formula is C15H12BrF. The largest absolute Gasteiger partial charge is 0.205 e. The number of halogens is 2. The minimum Gasteiger partial charge on any atom is -0.205 e. The zero-order chi connectivity index (χ0) is 12.2. The highest BCUT2D eigenvalue weighted by atomic mass is 79.9. The molecule has 3 rings (SSSR count). The third-order valence-corrected chi connectivity index (χ3v) is 4.22. The molecule has 0 nitrogen and oxygen atoms in total. The van der Waals surface area contributed by atoms with Gasteiger partial charge in [-0.25, -0.2) is 4.39 Å². The molecule has 0 saturated heterocycles. The first kappa shape index (κ1) is 11.0. The molecule has 0 unspecified atom stereocenters. The van der Waals surface area contributed by atoms with E-state index in [4.69, 9.17) is 0 Å². The normalized spacial score (nSPS) is 15.5. The summed E-state index contributed by atoms with van der Waals surface area (Å²) in [6, 6.07) is 11.9. The maximum atomic E-state index is 14.3. The maximum absolute atomic E-state index is 14.3. The van der Waals surface area contributed by atoms with Gasteiger partial charge in [-0.15, -0.1) is 0 Å². The number of hydrogen-bond acceptors (Lipinski definition) is 0. The van der Waals surface area contributed by atoms with Crippen LogP contribution in [0.15, 0.2) is 40.9 Å². The Bertz CT molecular complexity index is 614. The fourth-order valence-corrected chi connectivity index (χ4v) is 3.11. The van der Waals surface area contributed by atoms with Gasteiger partial charge in [0.1, 0.15) is 5.82 Å². The first-order valence-corrected chi connectivity index (χ1v) is 6.41. The number of hydrogen-bond donors (Lipinski definition) is 0. The van der Waals surface area contributed by atoms with Gasteiger partial charge in [-0.3, -0.25) is 0 Å². The summed E-state index contributed by atoms with van der Waals surface area (Å²) in [5.74, 6) is -0.135. The molecule has 0 atom stereocenters.